The maximum absolute atomic E-state index is 11.0. The normalized spacial score (nSPS) is 10.8. The number of thioether (sulfide) groups is 1. The Morgan fingerprint density at radius 1 is 1.31 bits per heavy atom. The number of carbonyl (C=O) groups is 2. The highest BCUT2D eigenvalue weighted by atomic mass is 32.2. The second-order valence-corrected chi connectivity index (χ2v) is 2.98. The maximum atomic E-state index is 11.0. The first-order valence-corrected chi connectivity index (χ1v) is 4.90. The van der Waals surface area contributed by atoms with E-state index in [4.69, 9.17) is 0 Å². The molecule has 0 bridgehead atoms. The van der Waals surface area contributed by atoms with Gasteiger partial charge in [-0.25, -0.2) is 9.59 Å². The van der Waals surface area contributed by atoms with Gasteiger partial charge in [0.05, 0.1) is 19.8 Å². The number of ether oxygens (including phenoxy) is 2. The average molecular weight is 204 g/mol. The Hall–Kier alpha value is -0.970. The minimum absolute atomic E-state index is 0.307. The monoisotopic (exact) mass is 204 g/mol. The Labute approximate surface area is 81.3 Å². The fourth-order valence-electron chi connectivity index (χ4n) is 0.647. The molecule has 0 unspecified atom stereocenters. The van der Waals surface area contributed by atoms with Gasteiger partial charge in [0.15, 0.2) is 0 Å². The van der Waals surface area contributed by atoms with Crippen LogP contribution in [0, 0.1) is 0 Å². The third-order valence-corrected chi connectivity index (χ3v) is 1.84. The number of methoxy groups -OCH3 is 2. The molecule has 0 N–H and O–H groups in total. The van der Waals surface area contributed by atoms with Crippen molar-refractivity contribution in [3.05, 3.63) is 11.6 Å². The SMILES string of the molecule is COC(=O)/C=C(\CSC)C(=O)OC. The summed E-state index contributed by atoms with van der Waals surface area (Å²) in [6.45, 7) is 0. The van der Waals surface area contributed by atoms with E-state index in [2.05, 4.69) is 9.47 Å². The van der Waals surface area contributed by atoms with Gasteiger partial charge in [-0.15, -0.1) is 0 Å². The first-order valence-electron chi connectivity index (χ1n) is 3.51. The summed E-state index contributed by atoms with van der Waals surface area (Å²) in [6, 6.07) is 0. The molecule has 0 aliphatic heterocycles. The first-order chi connectivity index (χ1) is 6.15. The zero-order valence-electron chi connectivity index (χ0n) is 7.83. The standard InChI is InChI=1S/C8H12O4S/c1-11-7(9)4-6(5-13-3)8(10)12-2/h4H,5H2,1-3H3/b6-4+. The van der Waals surface area contributed by atoms with E-state index in [0.717, 1.165) is 6.08 Å². The van der Waals surface area contributed by atoms with Crippen molar-refractivity contribution < 1.29 is 19.1 Å². The van der Waals surface area contributed by atoms with Gasteiger partial charge in [-0.2, -0.15) is 11.8 Å². The Bertz CT molecular complexity index is 222. The fraction of sp³-hybridized carbons (Fsp3) is 0.500. The van der Waals surface area contributed by atoms with Crippen LogP contribution in [-0.4, -0.2) is 38.2 Å². The van der Waals surface area contributed by atoms with Crippen molar-refractivity contribution in [2.45, 2.75) is 0 Å². The van der Waals surface area contributed by atoms with Gasteiger partial charge in [0.2, 0.25) is 0 Å². The molecule has 0 fully saturated rings. The Balaban J connectivity index is 4.48. The minimum Gasteiger partial charge on any atom is -0.466 e. The van der Waals surface area contributed by atoms with E-state index in [1.54, 1.807) is 0 Å². The van der Waals surface area contributed by atoms with Crippen molar-refractivity contribution >= 4 is 23.7 Å². The molecule has 0 aromatic heterocycles. The highest BCUT2D eigenvalue weighted by Gasteiger charge is 2.10. The summed E-state index contributed by atoms with van der Waals surface area (Å²) >= 11 is 1.43. The molecule has 4 nitrogen and oxygen atoms in total. The van der Waals surface area contributed by atoms with Crippen LogP contribution in [0.15, 0.2) is 11.6 Å². The van der Waals surface area contributed by atoms with Crippen LogP contribution >= 0.6 is 11.8 Å². The van der Waals surface area contributed by atoms with E-state index in [-0.39, 0.29) is 0 Å². The third kappa shape index (κ3) is 4.57. The Morgan fingerprint density at radius 2 is 1.92 bits per heavy atom. The van der Waals surface area contributed by atoms with Crippen LogP contribution in [0.5, 0.6) is 0 Å². The second kappa shape index (κ2) is 6.54. The molecule has 13 heavy (non-hydrogen) atoms. The largest absolute Gasteiger partial charge is 0.466 e. The van der Waals surface area contributed by atoms with Gasteiger partial charge in [0.1, 0.15) is 0 Å². The smallest absolute Gasteiger partial charge is 0.334 e. The zero-order chi connectivity index (χ0) is 10.3. The van der Waals surface area contributed by atoms with Gasteiger partial charge in [-0.05, 0) is 6.26 Å². The lowest BCUT2D eigenvalue weighted by atomic mass is 10.3. The third-order valence-electron chi connectivity index (χ3n) is 1.24. The van der Waals surface area contributed by atoms with E-state index in [1.165, 1.54) is 26.0 Å². The van der Waals surface area contributed by atoms with Gasteiger partial charge in [0, 0.05) is 11.8 Å². The maximum Gasteiger partial charge on any atom is 0.334 e. The molecule has 0 amide bonds. The minimum atomic E-state index is -0.547. The molecule has 74 valence electrons. The van der Waals surface area contributed by atoms with Crippen molar-refractivity contribution in [1.29, 1.82) is 0 Å². The van der Waals surface area contributed by atoms with Gasteiger partial charge in [-0.1, -0.05) is 0 Å². The molecule has 0 aromatic carbocycles. The van der Waals surface area contributed by atoms with Crippen molar-refractivity contribution in [3.63, 3.8) is 0 Å². The summed E-state index contributed by atoms with van der Waals surface area (Å²) in [7, 11) is 2.53. The highest BCUT2D eigenvalue weighted by molar-refractivity contribution is 7.98. The van der Waals surface area contributed by atoms with Gasteiger partial charge in [-0.3, -0.25) is 0 Å². The van der Waals surface area contributed by atoms with E-state index < -0.39 is 11.9 Å². The van der Waals surface area contributed by atoms with E-state index >= 15 is 0 Å². The molecule has 0 atom stereocenters. The molecule has 0 rings (SSSR count). The van der Waals surface area contributed by atoms with Crippen molar-refractivity contribution in [2.75, 3.05) is 26.2 Å². The van der Waals surface area contributed by atoms with Crippen LogP contribution in [0.4, 0.5) is 0 Å². The zero-order valence-corrected chi connectivity index (χ0v) is 8.64. The van der Waals surface area contributed by atoms with Crippen molar-refractivity contribution in [3.8, 4) is 0 Å². The first kappa shape index (κ1) is 12.0. The lowest BCUT2D eigenvalue weighted by molar-refractivity contribution is -0.138. The quantitative estimate of drug-likeness (QED) is 0.496. The van der Waals surface area contributed by atoms with Crippen LogP contribution in [0.1, 0.15) is 0 Å². The Morgan fingerprint density at radius 3 is 2.31 bits per heavy atom. The molecule has 0 saturated heterocycles. The molecular formula is C8H12O4S. The van der Waals surface area contributed by atoms with Crippen LogP contribution in [-0.2, 0) is 19.1 Å². The van der Waals surface area contributed by atoms with Crippen LogP contribution in [0.2, 0.25) is 0 Å². The predicted octanol–water partition coefficient (Wildman–Crippen LogP) is 0.622. The molecular weight excluding hydrogens is 192 g/mol. The highest BCUT2D eigenvalue weighted by Crippen LogP contribution is 2.06. The van der Waals surface area contributed by atoms with E-state index in [9.17, 15) is 9.59 Å². The van der Waals surface area contributed by atoms with E-state index in [0.29, 0.717) is 11.3 Å². The summed E-state index contributed by atoms with van der Waals surface area (Å²) in [5.41, 5.74) is 0.307. The number of rotatable bonds is 4. The van der Waals surface area contributed by atoms with Crippen LogP contribution < -0.4 is 0 Å². The van der Waals surface area contributed by atoms with Gasteiger partial charge >= 0.3 is 11.9 Å². The number of esters is 2. The number of carbonyl (C=O) groups excluding carboxylic acids is 2. The summed E-state index contributed by atoms with van der Waals surface area (Å²) in [5, 5.41) is 0. The Kier molecular flexibility index (Phi) is 6.05. The van der Waals surface area contributed by atoms with Crippen molar-refractivity contribution in [1.82, 2.24) is 0 Å². The van der Waals surface area contributed by atoms with Crippen LogP contribution in [0.3, 0.4) is 0 Å². The lowest BCUT2D eigenvalue weighted by Crippen LogP contribution is -2.10. The van der Waals surface area contributed by atoms with Gasteiger partial charge in [0.25, 0.3) is 0 Å². The molecule has 0 heterocycles. The molecule has 5 heteroatoms. The summed E-state index contributed by atoms with van der Waals surface area (Å²) < 4.78 is 8.87. The van der Waals surface area contributed by atoms with Crippen LogP contribution in [0.25, 0.3) is 0 Å². The summed E-state index contributed by atoms with van der Waals surface area (Å²) in [6.07, 6.45) is 2.97. The molecule has 0 radical (unpaired) electrons. The average Bonchev–Trinajstić information content (AvgIpc) is 2.15. The number of hydrogen-bond donors (Lipinski definition) is 0. The summed E-state index contributed by atoms with van der Waals surface area (Å²) in [5.74, 6) is -0.615. The molecule has 0 aliphatic carbocycles. The molecule has 0 saturated carbocycles. The molecule has 0 spiro atoms. The fourth-order valence-corrected chi connectivity index (χ4v) is 1.16. The topological polar surface area (TPSA) is 52.6 Å². The summed E-state index contributed by atoms with van der Waals surface area (Å²) in [4.78, 5) is 21.8. The second-order valence-electron chi connectivity index (χ2n) is 2.12. The molecule has 0 aliphatic rings. The number of hydrogen-bond acceptors (Lipinski definition) is 5. The van der Waals surface area contributed by atoms with E-state index in [1.807, 2.05) is 6.26 Å². The lowest BCUT2D eigenvalue weighted by Gasteiger charge is -2.02. The van der Waals surface area contributed by atoms with Crippen molar-refractivity contribution in [2.24, 2.45) is 0 Å². The molecule has 0 aromatic rings. The van der Waals surface area contributed by atoms with Gasteiger partial charge < -0.3 is 9.47 Å². The predicted molar refractivity (Wildman–Crippen MR) is 50.5 cm³/mol.